The summed E-state index contributed by atoms with van der Waals surface area (Å²) in [6.45, 7) is 4.25. The number of nitrogens with one attached hydrogen (secondary N) is 2. The number of benzene rings is 1. The smallest absolute Gasteiger partial charge is 0.328 e. The van der Waals surface area contributed by atoms with E-state index < -0.39 is 40.0 Å². The summed E-state index contributed by atoms with van der Waals surface area (Å²) in [5.41, 5.74) is 6.27. The highest BCUT2D eigenvalue weighted by Gasteiger charge is 2.39. The number of nitrogens with zero attached hydrogens (tertiary/aromatic N) is 3. The number of hydrogen-bond acceptors (Lipinski definition) is 8. The number of aromatic amines is 1. The third kappa shape index (κ3) is 6.20. The summed E-state index contributed by atoms with van der Waals surface area (Å²) in [5, 5.41) is 1.15. The number of esters is 1. The Morgan fingerprint density at radius 2 is 2.08 bits per heavy atom. The molecule has 0 bridgehead atoms. The van der Waals surface area contributed by atoms with Crippen molar-refractivity contribution in [2.24, 2.45) is 11.7 Å². The quantitative estimate of drug-likeness (QED) is 0.329. The van der Waals surface area contributed by atoms with Crippen molar-refractivity contribution in [1.29, 1.82) is 0 Å². The summed E-state index contributed by atoms with van der Waals surface area (Å²) in [5.74, 6) is -0.202. The number of hydrogen-bond donors (Lipinski definition) is 3. The predicted octanol–water partition coefficient (Wildman–Crippen LogP) is 2.28. The highest BCUT2D eigenvalue weighted by Crippen LogP contribution is 2.27. The number of nitrogens with two attached hydrogens (primary N) is 1. The number of likely N-dealkylation sites (tertiary alicyclic amines) is 1. The summed E-state index contributed by atoms with van der Waals surface area (Å²) in [4.78, 5) is 39.4. The fraction of sp³-hybridized carbons (Fsp3) is 0.462. The summed E-state index contributed by atoms with van der Waals surface area (Å²) in [6.07, 6.45) is 7.86. The molecule has 0 spiro atoms. The lowest BCUT2D eigenvalue weighted by molar-refractivity contribution is -0.158. The van der Waals surface area contributed by atoms with Gasteiger partial charge in [-0.3, -0.25) is 9.78 Å². The molecule has 2 aromatic heterocycles. The van der Waals surface area contributed by atoms with Gasteiger partial charge >= 0.3 is 5.97 Å². The molecule has 1 amide bonds. The van der Waals surface area contributed by atoms with Gasteiger partial charge < -0.3 is 20.4 Å². The predicted molar refractivity (Wildman–Crippen MR) is 141 cm³/mol. The Bertz CT molecular complexity index is 1360. The Morgan fingerprint density at radius 3 is 2.82 bits per heavy atom. The number of pyridine rings is 1. The molecule has 1 saturated heterocycles. The van der Waals surface area contributed by atoms with Crippen molar-refractivity contribution in [3.8, 4) is 0 Å². The third-order valence-corrected chi connectivity index (χ3v) is 8.40. The standard InChI is InChI=1S/C26H34N6O5S/c1-3-37-26(34)22-15-17(2)10-14-32(22)25(33)21(8-7-20(27)24-29-12-13-30-24)31-38(35,36)23-6-4-5-18-16-28-11-9-19(18)23/h4-6,9,11-13,16-17,20-22,31H,3,7-8,10,14-15,27H2,1-2H3,(H,29,30)/t17-,20?,21+,22-/m1/s1. The van der Waals surface area contributed by atoms with Gasteiger partial charge in [0.25, 0.3) is 0 Å². The topological polar surface area (TPSA) is 160 Å². The average molecular weight is 543 g/mol. The molecule has 11 nitrogen and oxygen atoms in total. The summed E-state index contributed by atoms with van der Waals surface area (Å²) in [7, 11) is -4.14. The van der Waals surface area contributed by atoms with Crippen LogP contribution in [-0.4, -0.2) is 65.4 Å². The zero-order valence-electron chi connectivity index (χ0n) is 21.5. The van der Waals surface area contributed by atoms with E-state index in [2.05, 4.69) is 19.7 Å². The van der Waals surface area contributed by atoms with E-state index in [9.17, 15) is 18.0 Å². The number of amides is 1. The van der Waals surface area contributed by atoms with Crippen molar-refractivity contribution in [2.45, 2.75) is 62.6 Å². The second-order valence-corrected chi connectivity index (χ2v) is 11.3. The molecular weight excluding hydrogens is 508 g/mol. The zero-order valence-corrected chi connectivity index (χ0v) is 22.4. The van der Waals surface area contributed by atoms with Gasteiger partial charge in [-0.2, -0.15) is 4.72 Å². The normalized spacial score (nSPS) is 19.7. The van der Waals surface area contributed by atoms with E-state index in [0.29, 0.717) is 36.0 Å². The maximum atomic E-state index is 13.9. The van der Waals surface area contributed by atoms with Crippen LogP contribution in [0.25, 0.3) is 10.8 Å². The Balaban J connectivity index is 1.64. The fourth-order valence-electron chi connectivity index (χ4n) is 4.84. The van der Waals surface area contributed by atoms with Crippen LogP contribution in [0.2, 0.25) is 0 Å². The van der Waals surface area contributed by atoms with Gasteiger partial charge in [0.1, 0.15) is 17.9 Å². The first-order valence-corrected chi connectivity index (χ1v) is 14.3. The summed E-state index contributed by atoms with van der Waals surface area (Å²) < 4.78 is 35.2. The number of carbonyl (C=O) groups is 2. The van der Waals surface area contributed by atoms with E-state index in [-0.39, 0.29) is 30.3 Å². The second-order valence-electron chi connectivity index (χ2n) is 9.61. The molecule has 4 rings (SSSR count). The highest BCUT2D eigenvalue weighted by molar-refractivity contribution is 7.89. The molecule has 3 aromatic rings. The molecule has 0 radical (unpaired) electrons. The van der Waals surface area contributed by atoms with Crippen molar-refractivity contribution >= 4 is 32.7 Å². The molecular formula is C26H34N6O5S. The number of aromatic nitrogens is 3. The van der Waals surface area contributed by atoms with Gasteiger partial charge in [-0.15, -0.1) is 0 Å². The van der Waals surface area contributed by atoms with Crippen LogP contribution in [0.3, 0.4) is 0 Å². The lowest BCUT2D eigenvalue weighted by Gasteiger charge is -2.38. The fourth-order valence-corrected chi connectivity index (χ4v) is 6.29. The third-order valence-electron chi connectivity index (χ3n) is 6.87. The number of H-pyrrole nitrogens is 1. The molecule has 4 N–H and O–H groups in total. The first-order chi connectivity index (χ1) is 18.2. The molecule has 1 aromatic carbocycles. The van der Waals surface area contributed by atoms with Gasteiger partial charge in [0.05, 0.1) is 17.5 Å². The Labute approximate surface area is 222 Å². The summed E-state index contributed by atoms with van der Waals surface area (Å²) in [6, 6.07) is 4.05. The van der Waals surface area contributed by atoms with Crippen molar-refractivity contribution in [2.75, 3.05) is 13.2 Å². The first kappa shape index (κ1) is 27.7. The van der Waals surface area contributed by atoms with Crippen LogP contribution in [-0.2, 0) is 24.3 Å². The highest BCUT2D eigenvalue weighted by atomic mass is 32.2. The minimum Gasteiger partial charge on any atom is -0.464 e. The minimum absolute atomic E-state index is 0.0414. The number of sulfonamides is 1. The van der Waals surface area contributed by atoms with Crippen molar-refractivity contribution in [3.05, 3.63) is 54.9 Å². The lowest BCUT2D eigenvalue weighted by atomic mass is 9.91. The average Bonchev–Trinajstić information content (AvgIpc) is 3.45. The molecule has 1 unspecified atom stereocenters. The molecule has 1 aliphatic heterocycles. The second kappa shape index (κ2) is 12.0. The van der Waals surface area contributed by atoms with Crippen LogP contribution in [0.1, 0.15) is 51.4 Å². The molecule has 0 aliphatic carbocycles. The van der Waals surface area contributed by atoms with Gasteiger partial charge in [0, 0.05) is 42.1 Å². The van der Waals surface area contributed by atoms with E-state index in [1.54, 1.807) is 43.7 Å². The van der Waals surface area contributed by atoms with Gasteiger partial charge in [-0.05, 0) is 50.7 Å². The van der Waals surface area contributed by atoms with E-state index in [1.807, 2.05) is 6.92 Å². The number of imidazole rings is 1. The van der Waals surface area contributed by atoms with E-state index >= 15 is 0 Å². The van der Waals surface area contributed by atoms with E-state index in [4.69, 9.17) is 10.5 Å². The number of piperidine rings is 1. The molecule has 204 valence electrons. The van der Waals surface area contributed by atoms with E-state index in [0.717, 1.165) is 0 Å². The van der Waals surface area contributed by atoms with Gasteiger partial charge in [0.2, 0.25) is 15.9 Å². The minimum atomic E-state index is -4.14. The Hall–Kier alpha value is -3.35. The van der Waals surface area contributed by atoms with Gasteiger partial charge in [0.15, 0.2) is 0 Å². The zero-order chi connectivity index (χ0) is 27.3. The Morgan fingerprint density at radius 1 is 1.26 bits per heavy atom. The SMILES string of the molecule is CCOC(=O)[C@H]1C[C@H](C)CCN1C(=O)[C@H](CCC(N)c1ncc[nH]1)NS(=O)(=O)c1cccc2cnccc12. The van der Waals surface area contributed by atoms with Gasteiger partial charge in [-0.25, -0.2) is 18.2 Å². The molecule has 4 atom stereocenters. The Kier molecular flexibility index (Phi) is 8.75. The molecule has 1 aliphatic rings. The number of carbonyl (C=O) groups excluding carboxylic acids is 2. The number of fused-ring (bicyclic) bond motifs is 1. The monoisotopic (exact) mass is 542 g/mol. The molecule has 12 heteroatoms. The maximum Gasteiger partial charge on any atom is 0.328 e. The molecule has 1 fully saturated rings. The van der Waals surface area contributed by atoms with Crippen LogP contribution in [0.15, 0.2) is 53.9 Å². The maximum absolute atomic E-state index is 13.9. The van der Waals surface area contributed by atoms with Crippen LogP contribution in [0.4, 0.5) is 0 Å². The van der Waals surface area contributed by atoms with Crippen LogP contribution >= 0.6 is 0 Å². The van der Waals surface area contributed by atoms with E-state index in [1.165, 1.54) is 17.2 Å². The first-order valence-electron chi connectivity index (χ1n) is 12.8. The summed E-state index contributed by atoms with van der Waals surface area (Å²) >= 11 is 0. The van der Waals surface area contributed by atoms with Crippen LogP contribution in [0, 0.1) is 5.92 Å². The molecule has 38 heavy (non-hydrogen) atoms. The lowest BCUT2D eigenvalue weighted by Crippen LogP contribution is -2.56. The number of ether oxygens (including phenoxy) is 1. The largest absolute Gasteiger partial charge is 0.464 e. The number of rotatable bonds is 10. The van der Waals surface area contributed by atoms with Gasteiger partial charge in [-0.1, -0.05) is 19.1 Å². The molecule has 3 heterocycles. The van der Waals surface area contributed by atoms with Crippen LogP contribution < -0.4 is 10.5 Å². The van der Waals surface area contributed by atoms with Crippen molar-refractivity contribution in [3.63, 3.8) is 0 Å². The van der Waals surface area contributed by atoms with Crippen molar-refractivity contribution in [1.82, 2.24) is 24.6 Å². The van der Waals surface area contributed by atoms with Crippen molar-refractivity contribution < 1.29 is 22.7 Å². The molecule has 0 saturated carbocycles. The van der Waals surface area contributed by atoms with Crippen LogP contribution in [0.5, 0.6) is 0 Å².